The van der Waals surface area contributed by atoms with Crippen molar-refractivity contribution >= 4 is 11.9 Å². The minimum absolute atomic E-state index is 0.0219. The Kier molecular flexibility index (Phi) is 4.70. The van der Waals surface area contributed by atoms with E-state index >= 15 is 0 Å². The SMILES string of the molecule is CNC(=O)NC(=O)C(C)N(CCO)C1CC1. The fourth-order valence-corrected chi connectivity index (χ4v) is 1.64. The summed E-state index contributed by atoms with van der Waals surface area (Å²) in [5.41, 5.74) is 0. The molecule has 0 aromatic rings. The van der Waals surface area contributed by atoms with Crippen molar-refractivity contribution in [3.05, 3.63) is 0 Å². The van der Waals surface area contributed by atoms with Gasteiger partial charge in [-0.25, -0.2) is 4.79 Å². The van der Waals surface area contributed by atoms with Crippen LogP contribution in [0.5, 0.6) is 0 Å². The first-order valence-electron chi connectivity index (χ1n) is 5.49. The Hall–Kier alpha value is -1.14. The molecular weight excluding hydrogens is 210 g/mol. The van der Waals surface area contributed by atoms with Gasteiger partial charge in [-0.1, -0.05) is 0 Å². The number of aliphatic hydroxyl groups is 1. The number of carbonyl (C=O) groups is 2. The van der Waals surface area contributed by atoms with Gasteiger partial charge in [0, 0.05) is 19.6 Å². The first kappa shape index (κ1) is 12.9. The zero-order chi connectivity index (χ0) is 12.1. The van der Waals surface area contributed by atoms with E-state index in [0.717, 1.165) is 12.8 Å². The summed E-state index contributed by atoms with van der Waals surface area (Å²) in [7, 11) is 1.46. The van der Waals surface area contributed by atoms with E-state index in [-0.39, 0.29) is 12.5 Å². The third kappa shape index (κ3) is 3.46. The van der Waals surface area contributed by atoms with Gasteiger partial charge in [0.1, 0.15) is 0 Å². The summed E-state index contributed by atoms with van der Waals surface area (Å²) in [5, 5.41) is 13.5. The molecule has 0 aromatic carbocycles. The topological polar surface area (TPSA) is 81.7 Å². The smallest absolute Gasteiger partial charge is 0.321 e. The quantitative estimate of drug-likeness (QED) is 0.581. The molecule has 1 rings (SSSR count). The number of aliphatic hydroxyl groups excluding tert-OH is 1. The zero-order valence-electron chi connectivity index (χ0n) is 9.69. The molecule has 0 radical (unpaired) electrons. The van der Waals surface area contributed by atoms with Gasteiger partial charge in [0.15, 0.2) is 0 Å². The molecule has 0 aromatic heterocycles. The number of nitrogens with one attached hydrogen (secondary N) is 2. The Bertz CT molecular complexity index is 266. The molecule has 1 atom stereocenters. The molecule has 6 nitrogen and oxygen atoms in total. The number of hydrogen-bond donors (Lipinski definition) is 3. The second-order valence-electron chi connectivity index (χ2n) is 3.94. The minimum atomic E-state index is -0.503. The minimum Gasteiger partial charge on any atom is -0.395 e. The lowest BCUT2D eigenvalue weighted by atomic mass is 10.2. The van der Waals surface area contributed by atoms with Crippen molar-refractivity contribution in [3.63, 3.8) is 0 Å². The van der Waals surface area contributed by atoms with Crippen LogP contribution in [0.25, 0.3) is 0 Å². The van der Waals surface area contributed by atoms with Gasteiger partial charge in [-0.3, -0.25) is 15.0 Å². The van der Waals surface area contributed by atoms with Crippen molar-refractivity contribution in [2.45, 2.75) is 31.8 Å². The summed E-state index contributed by atoms with van der Waals surface area (Å²) in [6.45, 7) is 2.23. The van der Waals surface area contributed by atoms with E-state index in [9.17, 15) is 9.59 Å². The molecule has 16 heavy (non-hydrogen) atoms. The number of imide groups is 1. The van der Waals surface area contributed by atoms with Crippen molar-refractivity contribution < 1.29 is 14.7 Å². The standard InChI is InChI=1S/C10H19N3O3/c1-7(9(15)12-10(16)11-2)13(5-6-14)8-3-4-8/h7-8,14H,3-6H2,1-2H3,(H2,11,12,15,16). The van der Waals surface area contributed by atoms with Crippen LogP contribution in [-0.4, -0.2) is 54.2 Å². The van der Waals surface area contributed by atoms with E-state index in [1.165, 1.54) is 7.05 Å². The molecule has 1 aliphatic rings. The largest absolute Gasteiger partial charge is 0.395 e. The number of urea groups is 1. The van der Waals surface area contributed by atoms with Gasteiger partial charge >= 0.3 is 6.03 Å². The van der Waals surface area contributed by atoms with E-state index in [1.54, 1.807) is 6.92 Å². The van der Waals surface area contributed by atoms with E-state index < -0.39 is 12.1 Å². The summed E-state index contributed by atoms with van der Waals surface area (Å²) in [5.74, 6) is -0.334. The van der Waals surface area contributed by atoms with E-state index in [0.29, 0.717) is 12.6 Å². The van der Waals surface area contributed by atoms with Crippen molar-refractivity contribution in [1.29, 1.82) is 0 Å². The monoisotopic (exact) mass is 229 g/mol. The van der Waals surface area contributed by atoms with Crippen LogP contribution >= 0.6 is 0 Å². The number of hydrogen-bond acceptors (Lipinski definition) is 4. The predicted octanol–water partition coefficient (Wildman–Crippen LogP) is -0.713. The first-order valence-corrected chi connectivity index (χ1v) is 5.49. The molecular formula is C10H19N3O3. The summed E-state index contributed by atoms with van der Waals surface area (Å²) < 4.78 is 0. The van der Waals surface area contributed by atoms with Gasteiger partial charge in [0.2, 0.25) is 5.91 Å². The lowest BCUT2D eigenvalue weighted by Gasteiger charge is -2.26. The normalized spacial score (nSPS) is 17.0. The van der Waals surface area contributed by atoms with E-state index in [4.69, 9.17) is 5.11 Å². The highest BCUT2D eigenvalue weighted by atomic mass is 16.3. The maximum Gasteiger partial charge on any atom is 0.321 e. The van der Waals surface area contributed by atoms with Crippen LogP contribution in [-0.2, 0) is 4.79 Å². The molecule has 0 aliphatic heterocycles. The van der Waals surface area contributed by atoms with Crippen LogP contribution in [0, 0.1) is 0 Å². The third-order valence-electron chi connectivity index (χ3n) is 2.71. The molecule has 0 spiro atoms. The average molecular weight is 229 g/mol. The molecule has 3 N–H and O–H groups in total. The maximum atomic E-state index is 11.7. The number of amides is 3. The molecule has 3 amide bonds. The first-order chi connectivity index (χ1) is 7.60. The molecule has 6 heteroatoms. The van der Waals surface area contributed by atoms with Gasteiger partial charge in [0.05, 0.1) is 12.6 Å². The highest BCUT2D eigenvalue weighted by Crippen LogP contribution is 2.28. The van der Waals surface area contributed by atoms with Crippen LogP contribution in [0.4, 0.5) is 4.79 Å². The Morgan fingerprint density at radius 1 is 1.50 bits per heavy atom. The average Bonchev–Trinajstić information content (AvgIpc) is 3.08. The van der Waals surface area contributed by atoms with Crippen molar-refractivity contribution in [2.24, 2.45) is 0 Å². The van der Waals surface area contributed by atoms with Crippen molar-refractivity contribution in [1.82, 2.24) is 15.5 Å². The molecule has 1 fully saturated rings. The molecule has 1 saturated carbocycles. The van der Waals surface area contributed by atoms with Gasteiger partial charge in [-0.2, -0.15) is 0 Å². The Morgan fingerprint density at radius 3 is 2.56 bits per heavy atom. The van der Waals surface area contributed by atoms with E-state index in [1.807, 2.05) is 4.90 Å². The summed E-state index contributed by atoms with van der Waals surface area (Å²) in [6, 6.07) is -0.522. The zero-order valence-corrected chi connectivity index (χ0v) is 9.69. The van der Waals surface area contributed by atoms with Crippen LogP contribution in [0.3, 0.4) is 0 Å². The Labute approximate surface area is 95.0 Å². The molecule has 0 bridgehead atoms. The molecule has 92 valence electrons. The second kappa shape index (κ2) is 5.81. The maximum absolute atomic E-state index is 11.7. The molecule has 0 saturated heterocycles. The predicted molar refractivity (Wildman–Crippen MR) is 58.9 cm³/mol. The highest BCUT2D eigenvalue weighted by molar-refractivity contribution is 5.96. The highest BCUT2D eigenvalue weighted by Gasteiger charge is 2.34. The van der Waals surface area contributed by atoms with Crippen molar-refractivity contribution in [2.75, 3.05) is 20.2 Å². The Morgan fingerprint density at radius 2 is 2.12 bits per heavy atom. The molecule has 0 heterocycles. The fourth-order valence-electron chi connectivity index (χ4n) is 1.64. The van der Waals surface area contributed by atoms with Crippen molar-refractivity contribution in [3.8, 4) is 0 Å². The number of nitrogens with zero attached hydrogens (tertiary/aromatic N) is 1. The lowest BCUT2D eigenvalue weighted by molar-refractivity contribution is -0.125. The van der Waals surface area contributed by atoms with Crippen LogP contribution in [0.1, 0.15) is 19.8 Å². The van der Waals surface area contributed by atoms with Gasteiger partial charge in [-0.15, -0.1) is 0 Å². The van der Waals surface area contributed by atoms with Gasteiger partial charge in [0.25, 0.3) is 0 Å². The van der Waals surface area contributed by atoms with Crippen LogP contribution in [0.15, 0.2) is 0 Å². The van der Waals surface area contributed by atoms with Crippen LogP contribution in [0.2, 0.25) is 0 Å². The number of carbonyl (C=O) groups excluding carboxylic acids is 2. The molecule has 1 unspecified atom stereocenters. The summed E-state index contributed by atoms with van der Waals surface area (Å²) >= 11 is 0. The second-order valence-corrected chi connectivity index (χ2v) is 3.94. The van der Waals surface area contributed by atoms with Gasteiger partial charge < -0.3 is 10.4 Å². The lowest BCUT2D eigenvalue weighted by Crippen LogP contribution is -2.50. The van der Waals surface area contributed by atoms with Crippen LogP contribution < -0.4 is 10.6 Å². The summed E-state index contributed by atoms with van der Waals surface area (Å²) in [6.07, 6.45) is 2.11. The van der Waals surface area contributed by atoms with Gasteiger partial charge in [-0.05, 0) is 19.8 Å². The fraction of sp³-hybridized carbons (Fsp3) is 0.800. The molecule has 1 aliphatic carbocycles. The summed E-state index contributed by atoms with van der Waals surface area (Å²) in [4.78, 5) is 24.6. The third-order valence-corrected chi connectivity index (χ3v) is 2.71. The Balaban J connectivity index is 2.48. The number of rotatable bonds is 5. The van der Waals surface area contributed by atoms with E-state index in [2.05, 4.69) is 10.6 Å².